The summed E-state index contributed by atoms with van der Waals surface area (Å²) in [6.07, 6.45) is 5.48. The maximum Gasteiger partial charge on any atom is 0.115 e. The van der Waals surface area contributed by atoms with Crippen molar-refractivity contribution in [3.63, 3.8) is 0 Å². The van der Waals surface area contributed by atoms with E-state index in [1.165, 1.54) is 0 Å². The molecule has 1 unspecified atom stereocenters. The lowest BCUT2D eigenvalue weighted by atomic mass is 10.0. The molecule has 4 heteroatoms. The second-order valence-corrected chi connectivity index (χ2v) is 3.73. The highest BCUT2D eigenvalue weighted by molar-refractivity contribution is 5.27. The Morgan fingerprint density at radius 2 is 2.50 bits per heavy atom. The molecule has 1 aliphatic carbocycles. The molecule has 0 aromatic rings. The van der Waals surface area contributed by atoms with Gasteiger partial charge in [0, 0.05) is 24.4 Å². The summed E-state index contributed by atoms with van der Waals surface area (Å²) < 4.78 is 5.58. The van der Waals surface area contributed by atoms with E-state index in [0.29, 0.717) is 6.61 Å². The maximum absolute atomic E-state index is 8.81. The topological polar surface area (TPSA) is 67.5 Å². The molecule has 4 N–H and O–H groups in total. The monoisotopic (exact) mass is 196 g/mol. The van der Waals surface area contributed by atoms with E-state index in [-0.39, 0.29) is 18.7 Å². The number of aliphatic hydroxyl groups excluding tert-OH is 1. The van der Waals surface area contributed by atoms with Crippen LogP contribution in [0.5, 0.6) is 0 Å². The first-order valence-electron chi connectivity index (χ1n) is 4.96. The second-order valence-electron chi connectivity index (χ2n) is 3.73. The maximum atomic E-state index is 8.81. The van der Waals surface area contributed by atoms with E-state index >= 15 is 0 Å². The van der Waals surface area contributed by atoms with Gasteiger partial charge in [-0.05, 0) is 12.8 Å². The van der Waals surface area contributed by atoms with Crippen LogP contribution >= 0.6 is 0 Å². The van der Waals surface area contributed by atoms with E-state index in [4.69, 9.17) is 15.6 Å². The molecule has 14 heavy (non-hydrogen) atoms. The van der Waals surface area contributed by atoms with E-state index in [1.807, 2.05) is 12.2 Å². The van der Waals surface area contributed by atoms with Gasteiger partial charge in [-0.1, -0.05) is 6.08 Å². The van der Waals surface area contributed by atoms with Crippen molar-refractivity contribution in [1.29, 1.82) is 0 Å². The lowest BCUT2D eigenvalue weighted by molar-refractivity contribution is 0.0958. The van der Waals surface area contributed by atoms with E-state index in [0.717, 1.165) is 24.3 Å². The molecule has 1 fully saturated rings. The van der Waals surface area contributed by atoms with E-state index in [2.05, 4.69) is 5.32 Å². The largest absolute Gasteiger partial charge is 0.495 e. The third kappa shape index (κ3) is 1.91. The molecule has 2 rings (SSSR count). The Bertz CT molecular complexity index is 273. The van der Waals surface area contributed by atoms with Gasteiger partial charge in [0.2, 0.25) is 0 Å². The predicted molar refractivity (Wildman–Crippen MR) is 53.3 cm³/mol. The number of aliphatic hydroxyl groups is 1. The summed E-state index contributed by atoms with van der Waals surface area (Å²) in [5.74, 6) is 0.930. The van der Waals surface area contributed by atoms with Crippen LogP contribution in [0.1, 0.15) is 12.8 Å². The van der Waals surface area contributed by atoms with Crippen LogP contribution in [0, 0.1) is 0 Å². The molecule has 0 saturated carbocycles. The molecule has 1 aliphatic heterocycles. The number of morpholine rings is 1. The van der Waals surface area contributed by atoms with Gasteiger partial charge in [0.25, 0.3) is 0 Å². The minimum absolute atomic E-state index is 0.199. The Labute approximate surface area is 83.4 Å². The molecule has 4 nitrogen and oxygen atoms in total. The molecule has 0 aromatic heterocycles. The van der Waals surface area contributed by atoms with Crippen LogP contribution in [0.2, 0.25) is 0 Å². The van der Waals surface area contributed by atoms with Crippen molar-refractivity contribution in [2.24, 2.45) is 5.73 Å². The van der Waals surface area contributed by atoms with E-state index in [1.54, 1.807) is 0 Å². The first kappa shape index (κ1) is 9.55. The van der Waals surface area contributed by atoms with Gasteiger partial charge in [-0.2, -0.15) is 0 Å². The molecule has 1 heterocycles. The van der Waals surface area contributed by atoms with Crippen LogP contribution in [0.4, 0.5) is 0 Å². The zero-order valence-corrected chi connectivity index (χ0v) is 8.07. The first-order valence-corrected chi connectivity index (χ1v) is 4.96. The standard InChI is InChI=1S/C10H16N2O2/c11-7-1-2-9-10(5-7)14-6-8(12-9)3-4-13/h1,5,8-9,12-13H,2-4,6,11H2/t8-,9?/m0/s1. The van der Waals surface area contributed by atoms with Gasteiger partial charge in [-0.15, -0.1) is 0 Å². The molecule has 1 saturated heterocycles. The fraction of sp³-hybridized carbons (Fsp3) is 0.600. The van der Waals surface area contributed by atoms with Crippen LogP contribution < -0.4 is 11.1 Å². The van der Waals surface area contributed by atoms with Gasteiger partial charge < -0.3 is 20.9 Å². The third-order valence-corrected chi connectivity index (χ3v) is 2.61. The fourth-order valence-corrected chi connectivity index (χ4v) is 1.84. The molecular formula is C10H16N2O2. The van der Waals surface area contributed by atoms with Crippen LogP contribution in [0.15, 0.2) is 23.6 Å². The van der Waals surface area contributed by atoms with E-state index in [9.17, 15) is 0 Å². The predicted octanol–water partition coefficient (Wildman–Crippen LogP) is -0.144. The number of rotatable bonds is 2. The molecule has 2 aliphatic rings. The average molecular weight is 196 g/mol. The van der Waals surface area contributed by atoms with Crippen molar-refractivity contribution in [3.8, 4) is 0 Å². The smallest absolute Gasteiger partial charge is 0.115 e. The van der Waals surface area contributed by atoms with Crippen LogP contribution in [-0.4, -0.2) is 30.4 Å². The number of ether oxygens (including phenoxy) is 1. The van der Waals surface area contributed by atoms with Crippen molar-refractivity contribution >= 4 is 0 Å². The van der Waals surface area contributed by atoms with Crippen molar-refractivity contribution in [1.82, 2.24) is 5.32 Å². The molecule has 78 valence electrons. The lowest BCUT2D eigenvalue weighted by Crippen LogP contribution is -2.48. The third-order valence-electron chi connectivity index (χ3n) is 2.61. The van der Waals surface area contributed by atoms with Crippen molar-refractivity contribution in [3.05, 3.63) is 23.6 Å². The Hall–Kier alpha value is -1.00. The molecule has 0 bridgehead atoms. The summed E-state index contributed by atoms with van der Waals surface area (Å²) in [5.41, 5.74) is 6.45. The van der Waals surface area contributed by atoms with Crippen LogP contribution in [0.3, 0.4) is 0 Å². The molecule has 0 radical (unpaired) electrons. The second kappa shape index (κ2) is 4.02. The van der Waals surface area contributed by atoms with E-state index < -0.39 is 0 Å². The minimum Gasteiger partial charge on any atom is -0.495 e. The summed E-state index contributed by atoms with van der Waals surface area (Å²) >= 11 is 0. The zero-order valence-electron chi connectivity index (χ0n) is 8.07. The quantitative estimate of drug-likeness (QED) is 0.575. The average Bonchev–Trinajstić information content (AvgIpc) is 2.19. The van der Waals surface area contributed by atoms with Gasteiger partial charge in [0.05, 0.1) is 6.04 Å². The number of fused-ring (bicyclic) bond motifs is 1. The Morgan fingerprint density at radius 3 is 3.29 bits per heavy atom. The summed E-state index contributed by atoms with van der Waals surface area (Å²) in [6, 6.07) is 0.502. The SMILES string of the molecule is NC1=CCC2N[C@@H](CCO)COC2=C1. The zero-order chi connectivity index (χ0) is 9.97. The summed E-state index contributed by atoms with van der Waals surface area (Å²) in [7, 11) is 0. The molecule has 0 aromatic carbocycles. The Balaban J connectivity index is 1.98. The number of allylic oxidation sites excluding steroid dienone is 1. The van der Waals surface area contributed by atoms with Gasteiger partial charge in [-0.3, -0.25) is 0 Å². The van der Waals surface area contributed by atoms with Crippen LogP contribution in [0.25, 0.3) is 0 Å². The number of nitrogens with two attached hydrogens (primary N) is 1. The van der Waals surface area contributed by atoms with Crippen molar-refractivity contribution < 1.29 is 9.84 Å². The Morgan fingerprint density at radius 1 is 1.64 bits per heavy atom. The number of hydrogen-bond acceptors (Lipinski definition) is 4. The number of hydrogen-bond donors (Lipinski definition) is 3. The summed E-state index contributed by atoms with van der Waals surface area (Å²) in [5, 5.41) is 12.2. The Kier molecular flexibility index (Phi) is 2.74. The highest BCUT2D eigenvalue weighted by Crippen LogP contribution is 2.21. The normalized spacial score (nSPS) is 31.2. The van der Waals surface area contributed by atoms with Gasteiger partial charge in [0.1, 0.15) is 12.4 Å². The molecule has 0 amide bonds. The minimum atomic E-state index is 0.199. The van der Waals surface area contributed by atoms with Crippen molar-refractivity contribution in [2.75, 3.05) is 13.2 Å². The summed E-state index contributed by atoms with van der Waals surface area (Å²) in [6.45, 7) is 0.820. The highest BCUT2D eigenvalue weighted by Gasteiger charge is 2.27. The van der Waals surface area contributed by atoms with Crippen LogP contribution in [-0.2, 0) is 4.74 Å². The first-order chi connectivity index (χ1) is 6.79. The number of nitrogens with one attached hydrogen (secondary N) is 1. The molecule has 0 spiro atoms. The lowest BCUT2D eigenvalue weighted by Gasteiger charge is -2.34. The van der Waals surface area contributed by atoms with Gasteiger partial charge in [-0.25, -0.2) is 0 Å². The fourth-order valence-electron chi connectivity index (χ4n) is 1.84. The molecule has 2 atom stereocenters. The van der Waals surface area contributed by atoms with Crippen molar-refractivity contribution in [2.45, 2.75) is 24.9 Å². The summed E-state index contributed by atoms with van der Waals surface area (Å²) in [4.78, 5) is 0. The molecular weight excluding hydrogens is 180 g/mol. The highest BCUT2D eigenvalue weighted by atomic mass is 16.5. The van der Waals surface area contributed by atoms with Gasteiger partial charge >= 0.3 is 0 Å². The van der Waals surface area contributed by atoms with Gasteiger partial charge in [0.15, 0.2) is 0 Å².